The SMILES string of the molecule is COC(=O)c1ccc(NC(=O)Cn2cnc(S(=O)(=O)N3CCCC3)c2)cc1. The largest absolute Gasteiger partial charge is 0.465 e. The van der Waals surface area contributed by atoms with Crippen molar-refractivity contribution in [1.82, 2.24) is 13.9 Å². The Kier molecular flexibility index (Phi) is 5.57. The lowest BCUT2D eigenvalue weighted by Crippen LogP contribution is -2.28. The summed E-state index contributed by atoms with van der Waals surface area (Å²) in [7, 11) is -2.31. The van der Waals surface area contributed by atoms with Gasteiger partial charge in [-0.15, -0.1) is 0 Å². The third-order valence-electron chi connectivity index (χ3n) is 4.19. The van der Waals surface area contributed by atoms with Gasteiger partial charge in [-0.3, -0.25) is 4.79 Å². The molecule has 1 fully saturated rings. The number of carbonyl (C=O) groups is 2. The van der Waals surface area contributed by atoms with E-state index in [2.05, 4.69) is 15.0 Å². The van der Waals surface area contributed by atoms with Gasteiger partial charge in [0.15, 0.2) is 5.03 Å². The average molecular weight is 392 g/mol. The molecule has 0 saturated carbocycles. The quantitative estimate of drug-likeness (QED) is 0.737. The molecule has 3 rings (SSSR count). The minimum absolute atomic E-state index is 0.0559. The number of aromatic nitrogens is 2. The molecule has 0 bridgehead atoms. The Bertz CT molecular complexity index is 930. The maximum absolute atomic E-state index is 12.4. The summed E-state index contributed by atoms with van der Waals surface area (Å²) in [6, 6.07) is 6.25. The third-order valence-corrected chi connectivity index (χ3v) is 5.98. The summed E-state index contributed by atoms with van der Waals surface area (Å²) in [6.07, 6.45) is 4.37. The number of benzene rings is 1. The Morgan fingerprint density at radius 1 is 1.19 bits per heavy atom. The topological polar surface area (TPSA) is 111 Å². The fourth-order valence-corrected chi connectivity index (χ4v) is 4.25. The summed E-state index contributed by atoms with van der Waals surface area (Å²) < 4.78 is 32.3. The van der Waals surface area contributed by atoms with Crippen LogP contribution in [0.3, 0.4) is 0 Å². The van der Waals surface area contributed by atoms with Gasteiger partial charge in [0.2, 0.25) is 5.91 Å². The van der Waals surface area contributed by atoms with E-state index in [1.807, 2.05) is 0 Å². The summed E-state index contributed by atoms with van der Waals surface area (Å²) in [5.41, 5.74) is 0.888. The van der Waals surface area contributed by atoms with Gasteiger partial charge in [0.25, 0.3) is 10.0 Å². The van der Waals surface area contributed by atoms with Crippen LogP contribution in [0.1, 0.15) is 23.2 Å². The van der Waals surface area contributed by atoms with Gasteiger partial charge >= 0.3 is 5.97 Å². The van der Waals surface area contributed by atoms with Crippen molar-refractivity contribution in [3.63, 3.8) is 0 Å². The summed E-state index contributed by atoms with van der Waals surface area (Å²) in [4.78, 5) is 27.5. The van der Waals surface area contributed by atoms with Gasteiger partial charge in [-0.05, 0) is 37.1 Å². The summed E-state index contributed by atoms with van der Waals surface area (Å²) >= 11 is 0. The minimum atomic E-state index is -3.60. The Labute approximate surface area is 157 Å². The van der Waals surface area contributed by atoms with Gasteiger partial charge in [0.05, 0.1) is 19.0 Å². The van der Waals surface area contributed by atoms with Crippen LogP contribution in [-0.2, 0) is 26.1 Å². The number of imidazole rings is 1. The average Bonchev–Trinajstić information content (AvgIpc) is 3.34. The molecular formula is C17H20N4O5S. The van der Waals surface area contributed by atoms with E-state index in [1.54, 1.807) is 24.3 Å². The molecule has 27 heavy (non-hydrogen) atoms. The van der Waals surface area contributed by atoms with Gasteiger partial charge < -0.3 is 14.6 Å². The van der Waals surface area contributed by atoms with E-state index in [4.69, 9.17) is 0 Å². The first-order chi connectivity index (χ1) is 12.9. The lowest BCUT2D eigenvalue weighted by molar-refractivity contribution is -0.116. The second-order valence-electron chi connectivity index (χ2n) is 6.11. The highest BCUT2D eigenvalue weighted by Crippen LogP contribution is 2.19. The van der Waals surface area contributed by atoms with Crippen LogP contribution in [0.25, 0.3) is 0 Å². The highest BCUT2D eigenvalue weighted by Gasteiger charge is 2.29. The second-order valence-corrected chi connectivity index (χ2v) is 8.00. The van der Waals surface area contributed by atoms with E-state index < -0.39 is 16.0 Å². The van der Waals surface area contributed by atoms with E-state index in [0.29, 0.717) is 24.3 Å². The number of anilines is 1. The maximum Gasteiger partial charge on any atom is 0.337 e. The highest BCUT2D eigenvalue weighted by molar-refractivity contribution is 7.89. The normalized spacial score (nSPS) is 14.9. The first kappa shape index (κ1) is 19.1. The zero-order valence-corrected chi connectivity index (χ0v) is 15.6. The van der Waals surface area contributed by atoms with Gasteiger partial charge in [-0.1, -0.05) is 0 Å². The van der Waals surface area contributed by atoms with Gasteiger partial charge in [0.1, 0.15) is 6.54 Å². The number of nitrogens with one attached hydrogen (secondary N) is 1. The molecule has 2 heterocycles. The number of nitrogens with zero attached hydrogens (tertiary/aromatic N) is 3. The van der Waals surface area contributed by atoms with E-state index in [-0.39, 0.29) is 17.5 Å². The molecule has 1 amide bonds. The van der Waals surface area contributed by atoms with Crippen molar-refractivity contribution in [1.29, 1.82) is 0 Å². The molecule has 10 heteroatoms. The molecule has 0 spiro atoms. The Morgan fingerprint density at radius 2 is 1.85 bits per heavy atom. The molecular weight excluding hydrogens is 372 g/mol. The van der Waals surface area contributed by atoms with Crippen LogP contribution in [0.4, 0.5) is 5.69 Å². The number of hydrogen-bond acceptors (Lipinski definition) is 6. The first-order valence-electron chi connectivity index (χ1n) is 8.40. The minimum Gasteiger partial charge on any atom is -0.465 e. The zero-order chi connectivity index (χ0) is 19.4. The van der Waals surface area contributed by atoms with E-state index in [9.17, 15) is 18.0 Å². The molecule has 1 aliphatic heterocycles. The number of esters is 1. The lowest BCUT2D eigenvalue weighted by Gasteiger charge is -2.12. The molecule has 2 aromatic rings. The predicted octanol–water partition coefficient (Wildman–Crippen LogP) is 1.09. The molecule has 0 atom stereocenters. The molecule has 1 aliphatic rings. The van der Waals surface area contributed by atoms with E-state index in [0.717, 1.165) is 12.8 Å². The third kappa shape index (κ3) is 4.34. The van der Waals surface area contributed by atoms with E-state index >= 15 is 0 Å². The number of sulfonamides is 1. The Morgan fingerprint density at radius 3 is 2.48 bits per heavy atom. The summed E-state index contributed by atoms with van der Waals surface area (Å²) in [6.45, 7) is 0.912. The fourth-order valence-electron chi connectivity index (χ4n) is 2.79. The van der Waals surface area contributed by atoms with Crippen LogP contribution >= 0.6 is 0 Å². The Balaban J connectivity index is 1.62. The molecule has 9 nitrogen and oxygen atoms in total. The predicted molar refractivity (Wildman–Crippen MR) is 96.6 cm³/mol. The van der Waals surface area contributed by atoms with Crippen molar-refractivity contribution in [3.8, 4) is 0 Å². The van der Waals surface area contributed by atoms with Crippen LogP contribution in [-0.4, -0.2) is 54.3 Å². The standard InChI is InChI=1S/C17H20N4O5S/c1-26-17(23)13-4-6-14(7-5-13)19-15(22)10-20-11-16(18-12-20)27(24,25)21-8-2-3-9-21/h4-7,11-12H,2-3,8-10H2,1H3,(H,19,22). The number of hydrogen-bond donors (Lipinski definition) is 1. The molecule has 0 unspecified atom stereocenters. The Hall–Kier alpha value is -2.72. The van der Waals surface area contributed by atoms with Crippen molar-refractivity contribution >= 4 is 27.6 Å². The number of ether oxygens (including phenoxy) is 1. The molecule has 1 aromatic heterocycles. The number of methoxy groups -OCH3 is 1. The smallest absolute Gasteiger partial charge is 0.337 e. The van der Waals surface area contributed by atoms with Crippen LogP contribution in [0.15, 0.2) is 41.8 Å². The maximum atomic E-state index is 12.4. The molecule has 1 saturated heterocycles. The lowest BCUT2D eigenvalue weighted by atomic mass is 10.2. The summed E-state index contributed by atoms with van der Waals surface area (Å²) in [5, 5.41) is 2.62. The van der Waals surface area contributed by atoms with Crippen LogP contribution in [0.2, 0.25) is 0 Å². The summed E-state index contributed by atoms with van der Waals surface area (Å²) in [5.74, 6) is -0.804. The van der Waals surface area contributed by atoms with Crippen molar-refractivity contribution in [2.75, 3.05) is 25.5 Å². The highest BCUT2D eigenvalue weighted by atomic mass is 32.2. The monoisotopic (exact) mass is 392 g/mol. The molecule has 1 aromatic carbocycles. The number of carbonyl (C=O) groups excluding carboxylic acids is 2. The number of amides is 1. The van der Waals surface area contributed by atoms with Crippen LogP contribution in [0.5, 0.6) is 0 Å². The fraction of sp³-hybridized carbons (Fsp3) is 0.353. The van der Waals surface area contributed by atoms with Crippen molar-refractivity contribution in [2.45, 2.75) is 24.4 Å². The van der Waals surface area contributed by atoms with Crippen molar-refractivity contribution in [2.24, 2.45) is 0 Å². The second kappa shape index (κ2) is 7.89. The zero-order valence-electron chi connectivity index (χ0n) is 14.8. The molecule has 1 N–H and O–H groups in total. The van der Waals surface area contributed by atoms with Gasteiger partial charge in [0, 0.05) is 25.0 Å². The van der Waals surface area contributed by atoms with Crippen LogP contribution in [0, 0.1) is 0 Å². The van der Waals surface area contributed by atoms with E-state index in [1.165, 1.54) is 28.5 Å². The van der Waals surface area contributed by atoms with Crippen molar-refractivity contribution < 1.29 is 22.7 Å². The molecule has 144 valence electrons. The van der Waals surface area contributed by atoms with Crippen molar-refractivity contribution in [3.05, 3.63) is 42.4 Å². The molecule has 0 aliphatic carbocycles. The number of rotatable bonds is 6. The molecule has 0 radical (unpaired) electrons. The van der Waals surface area contributed by atoms with Crippen LogP contribution < -0.4 is 5.32 Å². The van der Waals surface area contributed by atoms with Gasteiger partial charge in [-0.2, -0.15) is 4.31 Å². The van der Waals surface area contributed by atoms with Gasteiger partial charge in [-0.25, -0.2) is 18.2 Å². The first-order valence-corrected chi connectivity index (χ1v) is 9.84.